The van der Waals surface area contributed by atoms with E-state index < -0.39 is 0 Å². The zero-order valence-corrected chi connectivity index (χ0v) is 10.7. The molecule has 0 amide bonds. The molecule has 1 heterocycles. The van der Waals surface area contributed by atoms with Crippen molar-refractivity contribution in [1.29, 1.82) is 0 Å². The smallest absolute Gasteiger partial charge is 0.231 e. The van der Waals surface area contributed by atoms with Crippen LogP contribution in [0.15, 0.2) is 16.6 Å². The fourth-order valence-electron chi connectivity index (χ4n) is 2.43. The summed E-state index contributed by atoms with van der Waals surface area (Å²) < 4.78 is 11.8. The Morgan fingerprint density at radius 2 is 2.12 bits per heavy atom. The minimum atomic E-state index is 0.139. The van der Waals surface area contributed by atoms with Crippen LogP contribution in [0.25, 0.3) is 0 Å². The van der Waals surface area contributed by atoms with Gasteiger partial charge in [-0.15, -0.1) is 0 Å². The van der Waals surface area contributed by atoms with Gasteiger partial charge in [0.1, 0.15) is 0 Å². The van der Waals surface area contributed by atoms with Crippen LogP contribution >= 0.6 is 15.9 Å². The quantitative estimate of drug-likeness (QED) is 0.907. The van der Waals surface area contributed by atoms with Gasteiger partial charge in [-0.1, -0.05) is 6.07 Å². The van der Waals surface area contributed by atoms with Gasteiger partial charge in [-0.05, 0) is 47.3 Å². The lowest BCUT2D eigenvalue weighted by atomic mass is 9.89. The molecule has 1 saturated carbocycles. The van der Waals surface area contributed by atoms with E-state index in [-0.39, 0.29) is 11.5 Å². The summed E-state index contributed by atoms with van der Waals surface area (Å²) in [5.74, 6) is 1.64. The maximum absolute atomic E-state index is 6.09. The van der Waals surface area contributed by atoms with Crippen LogP contribution in [-0.2, 0) is 5.41 Å². The fraction of sp³-hybridized carbons (Fsp3) is 0.500. The van der Waals surface area contributed by atoms with E-state index in [1.165, 1.54) is 5.56 Å². The van der Waals surface area contributed by atoms with Crippen LogP contribution < -0.4 is 15.2 Å². The van der Waals surface area contributed by atoms with Gasteiger partial charge in [-0.2, -0.15) is 0 Å². The molecule has 2 N–H and O–H groups in total. The lowest BCUT2D eigenvalue weighted by molar-refractivity contribution is 0.173. The van der Waals surface area contributed by atoms with Crippen molar-refractivity contribution in [2.75, 3.05) is 6.79 Å². The molecule has 1 aromatic rings. The van der Waals surface area contributed by atoms with Crippen LogP contribution in [0, 0.1) is 0 Å². The first kappa shape index (κ1) is 10.4. The number of nitrogens with two attached hydrogens (primary N) is 1. The number of halogens is 1. The molecular formula is C12H14BrNO2. The molecule has 1 aliphatic heterocycles. The molecule has 0 bridgehead atoms. The standard InChI is InChI=1S/C12H14BrNO2/c1-7(14)12(4-5-12)8-2-3-9-11(10(8)13)16-6-15-9/h2-3,7H,4-6,14H2,1H3. The third-order valence-corrected chi connectivity index (χ3v) is 4.46. The highest BCUT2D eigenvalue weighted by Crippen LogP contribution is 2.55. The third-order valence-electron chi connectivity index (χ3n) is 3.68. The van der Waals surface area contributed by atoms with Gasteiger partial charge < -0.3 is 15.2 Å². The maximum Gasteiger partial charge on any atom is 0.231 e. The molecule has 1 fully saturated rings. The van der Waals surface area contributed by atoms with Crippen molar-refractivity contribution in [1.82, 2.24) is 0 Å². The van der Waals surface area contributed by atoms with Gasteiger partial charge in [0.2, 0.25) is 6.79 Å². The Kier molecular flexibility index (Phi) is 2.20. The van der Waals surface area contributed by atoms with E-state index in [0.717, 1.165) is 28.8 Å². The molecule has 16 heavy (non-hydrogen) atoms. The molecular weight excluding hydrogens is 270 g/mol. The Labute approximate surface area is 103 Å². The van der Waals surface area contributed by atoms with E-state index in [1.54, 1.807) is 0 Å². The average Bonchev–Trinajstić information content (AvgIpc) is 2.90. The number of rotatable bonds is 2. The Morgan fingerprint density at radius 1 is 1.38 bits per heavy atom. The highest BCUT2D eigenvalue weighted by atomic mass is 79.9. The molecule has 0 saturated heterocycles. The van der Waals surface area contributed by atoms with E-state index in [1.807, 2.05) is 6.07 Å². The van der Waals surface area contributed by atoms with E-state index >= 15 is 0 Å². The van der Waals surface area contributed by atoms with Gasteiger partial charge in [0.05, 0.1) is 4.47 Å². The van der Waals surface area contributed by atoms with Gasteiger partial charge in [0.25, 0.3) is 0 Å². The average molecular weight is 284 g/mol. The van der Waals surface area contributed by atoms with Crippen LogP contribution in [0.4, 0.5) is 0 Å². The molecule has 4 heteroatoms. The van der Waals surface area contributed by atoms with E-state index in [9.17, 15) is 0 Å². The molecule has 2 aliphatic rings. The van der Waals surface area contributed by atoms with E-state index in [4.69, 9.17) is 15.2 Å². The summed E-state index contributed by atoms with van der Waals surface area (Å²) in [4.78, 5) is 0. The SMILES string of the molecule is CC(N)C1(c2ccc3c(c2Br)OCO3)CC1. The van der Waals surface area contributed by atoms with Gasteiger partial charge in [0.15, 0.2) is 11.5 Å². The Balaban J connectivity index is 2.10. The second-order valence-corrected chi connectivity index (χ2v) is 5.40. The highest BCUT2D eigenvalue weighted by molar-refractivity contribution is 9.10. The van der Waals surface area contributed by atoms with Crippen molar-refractivity contribution in [3.05, 3.63) is 22.2 Å². The minimum Gasteiger partial charge on any atom is -0.454 e. The number of ether oxygens (including phenoxy) is 2. The summed E-state index contributed by atoms with van der Waals surface area (Å²) in [6.45, 7) is 2.38. The second-order valence-electron chi connectivity index (χ2n) is 4.61. The first-order valence-electron chi connectivity index (χ1n) is 5.49. The maximum atomic E-state index is 6.09. The van der Waals surface area contributed by atoms with Crippen LogP contribution in [-0.4, -0.2) is 12.8 Å². The predicted molar refractivity (Wildman–Crippen MR) is 64.8 cm³/mol. The van der Waals surface area contributed by atoms with Gasteiger partial charge in [0, 0.05) is 11.5 Å². The molecule has 0 spiro atoms. The Bertz CT molecular complexity index is 441. The van der Waals surface area contributed by atoms with Crippen LogP contribution in [0.1, 0.15) is 25.3 Å². The molecule has 1 aliphatic carbocycles. The zero-order valence-electron chi connectivity index (χ0n) is 9.13. The molecule has 3 nitrogen and oxygen atoms in total. The van der Waals surface area contributed by atoms with E-state index in [2.05, 4.69) is 28.9 Å². The highest BCUT2D eigenvalue weighted by Gasteiger charge is 2.49. The van der Waals surface area contributed by atoms with Crippen LogP contribution in [0.2, 0.25) is 0 Å². The number of hydrogen-bond acceptors (Lipinski definition) is 3. The lowest BCUT2D eigenvalue weighted by Gasteiger charge is -2.22. The number of fused-ring (bicyclic) bond motifs is 1. The molecule has 0 aromatic heterocycles. The number of benzene rings is 1. The summed E-state index contributed by atoms with van der Waals surface area (Å²) in [6, 6.07) is 4.25. The first-order valence-corrected chi connectivity index (χ1v) is 6.28. The fourth-order valence-corrected chi connectivity index (χ4v) is 3.26. The molecule has 3 rings (SSSR count). The van der Waals surface area contributed by atoms with Crippen molar-refractivity contribution < 1.29 is 9.47 Å². The largest absolute Gasteiger partial charge is 0.454 e. The Hall–Kier alpha value is -0.740. The minimum absolute atomic E-state index is 0.139. The van der Waals surface area contributed by atoms with Crippen molar-refractivity contribution in [3.63, 3.8) is 0 Å². The molecule has 1 unspecified atom stereocenters. The topological polar surface area (TPSA) is 44.5 Å². The summed E-state index contributed by atoms with van der Waals surface area (Å²) in [7, 11) is 0. The van der Waals surface area contributed by atoms with Gasteiger partial charge >= 0.3 is 0 Å². The van der Waals surface area contributed by atoms with Crippen molar-refractivity contribution in [3.8, 4) is 11.5 Å². The summed E-state index contributed by atoms with van der Waals surface area (Å²) in [5, 5.41) is 0. The second kappa shape index (κ2) is 3.37. The predicted octanol–water partition coefficient (Wildman–Crippen LogP) is 2.56. The van der Waals surface area contributed by atoms with E-state index in [0.29, 0.717) is 6.79 Å². The van der Waals surface area contributed by atoms with Crippen molar-refractivity contribution in [2.45, 2.75) is 31.2 Å². The van der Waals surface area contributed by atoms with Crippen molar-refractivity contribution in [2.24, 2.45) is 5.73 Å². The molecule has 1 aromatic carbocycles. The lowest BCUT2D eigenvalue weighted by Crippen LogP contribution is -2.31. The monoisotopic (exact) mass is 283 g/mol. The van der Waals surface area contributed by atoms with Gasteiger partial charge in [-0.25, -0.2) is 0 Å². The van der Waals surface area contributed by atoms with Crippen LogP contribution in [0.5, 0.6) is 11.5 Å². The number of hydrogen-bond donors (Lipinski definition) is 1. The summed E-state index contributed by atoms with van der Waals surface area (Å²) >= 11 is 3.62. The molecule has 0 radical (unpaired) electrons. The molecule has 1 atom stereocenters. The first-order chi connectivity index (χ1) is 7.65. The summed E-state index contributed by atoms with van der Waals surface area (Å²) in [5.41, 5.74) is 7.48. The molecule has 86 valence electrons. The zero-order chi connectivity index (χ0) is 11.3. The third kappa shape index (κ3) is 1.29. The Morgan fingerprint density at radius 3 is 2.75 bits per heavy atom. The normalized spacial score (nSPS) is 21.9. The van der Waals surface area contributed by atoms with Crippen molar-refractivity contribution >= 4 is 15.9 Å². The van der Waals surface area contributed by atoms with Crippen LogP contribution in [0.3, 0.4) is 0 Å². The summed E-state index contributed by atoms with van der Waals surface area (Å²) in [6.07, 6.45) is 2.31. The van der Waals surface area contributed by atoms with Gasteiger partial charge in [-0.3, -0.25) is 0 Å².